The number of rotatable bonds is 5. The second-order valence-electron chi connectivity index (χ2n) is 9.18. The number of alkyl halides is 3. The van der Waals surface area contributed by atoms with E-state index in [9.17, 15) is 22.8 Å². The average molecular weight is 491 g/mol. The quantitative estimate of drug-likeness (QED) is 0.688. The van der Waals surface area contributed by atoms with Gasteiger partial charge in [-0.05, 0) is 29.9 Å². The van der Waals surface area contributed by atoms with E-state index < -0.39 is 23.1 Å². The first-order valence-corrected chi connectivity index (χ1v) is 11.5. The van der Waals surface area contributed by atoms with Crippen LogP contribution in [-0.2, 0) is 19.9 Å². The van der Waals surface area contributed by atoms with Gasteiger partial charge in [0.25, 0.3) is 11.5 Å². The predicted octanol–water partition coefficient (Wildman–Crippen LogP) is 4.01. The molecule has 35 heavy (non-hydrogen) atoms. The number of methoxy groups -OCH3 is 2. The van der Waals surface area contributed by atoms with Crippen LogP contribution in [0, 0.1) is 5.41 Å². The van der Waals surface area contributed by atoms with Crippen LogP contribution < -0.4 is 10.1 Å². The van der Waals surface area contributed by atoms with Crippen molar-refractivity contribution in [3.63, 3.8) is 0 Å². The Labute approximate surface area is 202 Å². The molecule has 6 nitrogen and oxygen atoms in total. The summed E-state index contributed by atoms with van der Waals surface area (Å²) < 4.78 is 53.7. The number of ether oxygens (including phenoxy) is 2. The Balaban J connectivity index is 1.64. The van der Waals surface area contributed by atoms with Gasteiger partial charge in [0.2, 0.25) is 5.91 Å². The summed E-state index contributed by atoms with van der Waals surface area (Å²) in [6.45, 7) is 0.583. The highest BCUT2D eigenvalue weighted by Crippen LogP contribution is 2.51. The lowest BCUT2D eigenvalue weighted by Crippen LogP contribution is -2.60. The van der Waals surface area contributed by atoms with Crippen molar-refractivity contribution < 1.29 is 32.2 Å². The Kier molecular flexibility index (Phi) is 6.81. The molecule has 2 aromatic carbocycles. The van der Waals surface area contributed by atoms with Crippen LogP contribution in [-0.4, -0.2) is 56.7 Å². The van der Waals surface area contributed by atoms with Crippen molar-refractivity contribution in [2.45, 2.75) is 37.0 Å². The van der Waals surface area contributed by atoms with E-state index in [-0.39, 0.29) is 36.9 Å². The Morgan fingerprint density at radius 3 is 2.26 bits per heavy atom. The van der Waals surface area contributed by atoms with Gasteiger partial charge in [-0.15, -0.1) is 0 Å². The standard InChI is InChI=1S/C26H29F3N2O4/c1-34-21-11-7-6-10-19(21)20-17-30-22(32)16-24(20)12-14-31(15-13-24)23(33)25(35-2,26(27,28)29)18-8-4-3-5-9-18/h3-11,20H,12-17H2,1-2H3,(H,30,32)/t20-,25+/m0/s1. The maximum atomic E-state index is 14.4. The molecule has 2 saturated heterocycles. The van der Waals surface area contributed by atoms with Gasteiger partial charge in [-0.25, -0.2) is 0 Å². The first-order valence-electron chi connectivity index (χ1n) is 11.5. The summed E-state index contributed by atoms with van der Waals surface area (Å²) in [6, 6.07) is 14.6. The molecular formula is C26H29F3N2O4. The molecule has 1 N–H and O–H groups in total. The highest BCUT2D eigenvalue weighted by atomic mass is 19.4. The summed E-state index contributed by atoms with van der Waals surface area (Å²) in [6.07, 6.45) is -3.94. The third kappa shape index (κ3) is 4.26. The Hall–Kier alpha value is -3.07. The smallest absolute Gasteiger partial charge is 0.430 e. The monoisotopic (exact) mass is 490 g/mol. The van der Waals surface area contributed by atoms with Gasteiger partial charge in [-0.3, -0.25) is 9.59 Å². The molecule has 4 rings (SSSR count). The molecule has 0 bridgehead atoms. The van der Waals surface area contributed by atoms with Crippen LogP contribution in [0.15, 0.2) is 54.6 Å². The summed E-state index contributed by atoms with van der Waals surface area (Å²) in [5.41, 5.74) is -2.90. The molecule has 1 spiro atoms. The number of hydrogen-bond acceptors (Lipinski definition) is 4. The van der Waals surface area contributed by atoms with Crippen LogP contribution in [0.2, 0.25) is 0 Å². The number of halogens is 3. The second-order valence-corrected chi connectivity index (χ2v) is 9.18. The van der Waals surface area contributed by atoms with Crippen LogP contribution in [0.5, 0.6) is 5.75 Å². The van der Waals surface area contributed by atoms with E-state index >= 15 is 0 Å². The molecule has 2 heterocycles. The summed E-state index contributed by atoms with van der Waals surface area (Å²) in [7, 11) is 2.49. The Morgan fingerprint density at radius 2 is 1.66 bits per heavy atom. The number of benzene rings is 2. The van der Waals surface area contributed by atoms with Crippen molar-refractivity contribution in [1.29, 1.82) is 0 Å². The van der Waals surface area contributed by atoms with Crippen LogP contribution in [0.3, 0.4) is 0 Å². The number of amides is 2. The molecule has 0 radical (unpaired) electrons. The van der Waals surface area contributed by atoms with E-state index in [4.69, 9.17) is 9.47 Å². The maximum Gasteiger partial charge on any atom is 0.430 e. The van der Waals surface area contributed by atoms with Gasteiger partial charge < -0.3 is 19.7 Å². The number of nitrogens with one attached hydrogen (secondary N) is 1. The van der Waals surface area contributed by atoms with Gasteiger partial charge in [-0.2, -0.15) is 13.2 Å². The second kappa shape index (κ2) is 9.53. The van der Waals surface area contributed by atoms with E-state index in [1.807, 2.05) is 24.3 Å². The van der Waals surface area contributed by atoms with Gasteiger partial charge >= 0.3 is 6.18 Å². The minimum Gasteiger partial charge on any atom is -0.496 e. The molecule has 2 aliphatic rings. The number of nitrogens with zero attached hydrogens (tertiary/aromatic N) is 1. The molecule has 0 unspecified atom stereocenters. The molecule has 2 aromatic rings. The molecule has 0 aliphatic carbocycles. The third-order valence-electron chi connectivity index (χ3n) is 7.50. The lowest BCUT2D eigenvalue weighted by molar-refractivity contribution is -0.271. The zero-order valence-corrected chi connectivity index (χ0v) is 19.7. The van der Waals surface area contributed by atoms with Crippen LogP contribution in [0.1, 0.15) is 36.3 Å². The number of likely N-dealkylation sites (tertiary alicyclic amines) is 1. The highest BCUT2D eigenvalue weighted by molar-refractivity contribution is 5.88. The molecule has 0 aromatic heterocycles. The fraction of sp³-hybridized carbons (Fsp3) is 0.462. The molecule has 188 valence electrons. The van der Waals surface area contributed by atoms with Crippen LogP contribution >= 0.6 is 0 Å². The number of hydrogen-bond donors (Lipinski definition) is 1. The zero-order chi connectivity index (χ0) is 25.3. The minimum atomic E-state index is -4.96. The predicted molar refractivity (Wildman–Crippen MR) is 123 cm³/mol. The fourth-order valence-electron chi connectivity index (χ4n) is 5.64. The summed E-state index contributed by atoms with van der Waals surface area (Å²) in [5, 5.41) is 2.92. The number of carbonyl (C=O) groups is 2. The third-order valence-corrected chi connectivity index (χ3v) is 7.50. The maximum absolute atomic E-state index is 14.4. The van der Waals surface area contributed by atoms with E-state index in [2.05, 4.69) is 5.32 Å². The van der Waals surface area contributed by atoms with Crippen molar-refractivity contribution in [2.75, 3.05) is 33.9 Å². The van der Waals surface area contributed by atoms with E-state index in [1.165, 1.54) is 29.2 Å². The van der Waals surface area contributed by atoms with Crippen molar-refractivity contribution in [1.82, 2.24) is 10.2 Å². The van der Waals surface area contributed by atoms with Gasteiger partial charge in [0.05, 0.1) is 7.11 Å². The van der Waals surface area contributed by atoms with Crippen molar-refractivity contribution in [3.8, 4) is 5.75 Å². The number of carbonyl (C=O) groups excluding carboxylic acids is 2. The molecule has 2 fully saturated rings. The number of piperidine rings is 2. The molecule has 9 heteroatoms. The molecule has 2 aliphatic heterocycles. The Morgan fingerprint density at radius 1 is 1.03 bits per heavy atom. The number of para-hydroxylation sites is 1. The van der Waals surface area contributed by atoms with E-state index in [0.717, 1.165) is 12.7 Å². The lowest BCUT2D eigenvalue weighted by Gasteiger charge is -2.50. The SMILES string of the molecule is COc1ccccc1[C@@H]1CNC(=O)CC12CCN(C(=O)[C@](OC)(c1ccccc1)C(F)(F)F)CC2. The van der Waals surface area contributed by atoms with Gasteiger partial charge in [-0.1, -0.05) is 48.5 Å². The molecule has 2 atom stereocenters. The summed E-state index contributed by atoms with van der Waals surface area (Å²) in [4.78, 5) is 27.1. The molecular weight excluding hydrogens is 461 g/mol. The van der Waals surface area contributed by atoms with Crippen molar-refractivity contribution in [3.05, 3.63) is 65.7 Å². The topological polar surface area (TPSA) is 67.9 Å². The van der Waals surface area contributed by atoms with E-state index in [0.29, 0.717) is 25.1 Å². The summed E-state index contributed by atoms with van der Waals surface area (Å²) >= 11 is 0. The van der Waals surface area contributed by atoms with Gasteiger partial charge in [0, 0.05) is 44.6 Å². The molecule has 2 amide bonds. The molecule has 0 saturated carbocycles. The van der Waals surface area contributed by atoms with Crippen LogP contribution in [0.25, 0.3) is 0 Å². The average Bonchev–Trinajstić information content (AvgIpc) is 2.85. The highest BCUT2D eigenvalue weighted by Gasteiger charge is 2.64. The van der Waals surface area contributed by atoms with Crippen molar-refractivity contribution in [2.24, 2.45) is 5.41 Å². The minimum absolute atomic E-state index is 0.0856. The fourth-order valence-corrected chi connectivity index (χ4v) is 5.64. The first-order chi connectivity index (χ1) is 16.7. The Bertz CT molecular complexity index is 1070. The van der Waals surface area contributed by atoms with Crippen LogP contribution in [0.4, 0.5) is 13.2 Å². The largest absolute Gasteiger partial charge is 0.496 e. The zero-order valence-electron chi connectivity index (χ0n) is 19.7. The van der Waals surface area contributed by atoms with Crippen molar-refractivity contribution >= 4 is 11.8 Å². The lowest BCUT2D eigenvalue weighted by atomic mass is 9.62. The van der Waals surface area contributed by atoms with E-state index in [1.54, 1.807) is 13.2 Å². The normalized spacial score (nSPS) is 21.8. The first kappa shape index (κ1) is 25.0. The van der Waals surface area contributed by atoms with Gasteiger partial charge in [0.15, 0.2) is 0 Å². The van der Waals surface area contributed by atoms with Gasteiger partial charge in [0.1, 0.15) is 5.75 Å². The summed E-state index contributed by atoms with van der Waals surface area (Å²) in [5.74, 6) is -0.618.